The zero-order valence-corrected chi connectivity index (χ0v) is 8.70. The summed E-state index contributed by atoms with van der Waals surface area (Å²) >= 11 is 0. The SMILES string of the molecule is CC(O)(CCC(=O)O)c1c(F)cccc1F. The molecule has 5 heteroatoms. The molecule has 0 aliphatic heterocycles. The van der Waals surface area contributed by atoms with Gasteiger partial charge >= 0.3 is 5.97 Å². The highest BCUT2D eigenvalue weighted by molar-refractivity contribution is 5.66. The smallest absolute Gasteiger partial charge is 0.303 e. The van der Waals surface area contributed by atoms with Crippen LogP contribution in [0.2, 0.25) is 0 Å². The molecule has 1 aromatic rings. The third-order valence-electron chi connectivity index (χ3n) is 2.33. The van der Waals surface area contributed by atoms with Crippen LogP contribution in [0.25, 0.3) is 0 Å². The first kappa shape index (κ1) is 12.6. The summed E-state index contributed by atoms with van der Waals surface area (Å²) < 4.78 is 26.6. The van der Waals surface area contributed by atoms with Crippen molar-refractivity contribution in [3.8, 4) is 0 Å². The number of rotatable bonds is 4. The largest absolute Gasteiger partial charge is 0.481 e. The Labute approximate surface area is 91.3 Å². The van der Waals surface area contributed by atoms with Crippen molar-refractivity contribution in [3.05, 3.63) is 35.4 Å². The molecule has 88 valence electrons. The Hall–Kier alpha value is -1.49. The first-order valence-electron chi connectivity index (χ1n) is 4.73. The number of hydrogen-bond acceptors (Lipinski definition) is 2. The lowest BCUT2D eigenvalue weighted by Gasteiger charge is -2.23. The Morgan fingerprint density at radius 2 is 1.88 bits per heavy atom. The van der Waals surface area contributed by atoms with E-state index in [9.17, 15) is 18.7 Å². The number of carboxylic acids is 1. The van der Waals surface area contributed by atoms with Gasteiger partial charge in [0.25, 0.3) is 0 Å². The summed E-state index contributed by atoms with van der Waals surface area (Å²) in [5.74, 6) is -2.89. The van der Waals surface area contributed by atoms with Crippen LogP contribution in [0, 0.1) is 11.6 Å². The van der Waals surface area contributed by atoms with Gasteiger partial charge in [0.1, 0.15) is 11.6 Å². The Morgan fingerprint density at radius 3 is 2.31 bits per heavy atom. The van der Waals surface area contributed by atoms with E-state index in [1.807, 2.05) is 0 Å². The number of aliphatic carboxylic acids is 1. The summed E-state index contributed by atoms with van der Waals surface area (Å²) in [6, 6.07) is 3.22. The fraction of sp³-hybridized carbons (Fsp3) is 0.364. The van der Waals surface area contributed by atoms with Gasteiger partial charge in [-0.05, 0) is 25.5 Å². The molecule has 0 bridgehead atoms. The van der Waals surface area contributed by atoms with Crippen molar-refractivity contribution in [2.24, 2.45) is 0 Å². The molecule has 16 heavy (non-hydrogen) atoms. The minimum atomic E-state index is -1.83. The quantitative estimate of drug-likeness (QED) is 0.832. The van der Waals surface area contributed by atoms with Crippen LogP contribution in [0.5, 0.6) is 0 Å². The minimum Gasteiger partial charge on any atom is -0.481 e. The first-order chi connectivity index (χ1) is 7.34. The molecule has 0 radical (unpaired) electrons. The topological polar surface area (TPSA) is 57.5 Å². The lowest BCUT2D eigenvalue weighted by molar-refractivity contribution is -0.138. The summed E-state index contributed by atoms with van der Waals surface area (Å²) in [6.45, 7) is 1.19. The highest BCUT2D eigenvalue weighted by Crippen LogP contribution is 2.30. The van der Waals surface area contributed by atoms with Gasteiger partial charge in [0, 0.05) is 6.42 Å². The Kier molecular flexibility index (Phi) is 3.59. The number of aliphatic hydroxyl groups is 1. The summed E-state index contributed by atoms with van der Waals surface area (Å²) in [5.41, 5.74) is -2.32. The van der Waals surface area contributed by atoms with Crippen molar-refractivity contribution >= 4 is 5.97 Å². The van der Waals surface area contributed by atoms with Crippen LogP contribution < -0.4 is 0 Å². The maximum Gasteiger partial charge on any atom is 0.303 e. The number of hydrogen-bond donors (Lipinski definition) is 2. The van der Waals surface area contributed by atoms with E-state index in [4.69, 9.17) is 5.11 Å². The van der Waals surface area contributed by atoms with E-state index in [-0.39, 0.29) is 12.8 Å². The van der Waals surface area contributed by atoms with Gasteiger partial charge in [-0.1, -0.05) is 6.07 Å². The van der Waals surface area contributed by atoms with E-state index in [1.165, 1.54) is 13.0 Å². The molecule has 1 atom stereocenters. The van der Waals surface area contributed by atoms with E-state index < -0.39 is 28.8 Å². The van der Waals surface area contributed by atoms with Crippen LogP contribution in [0.3, 0.4) is 0 Å². The second kappa shape index (κ2) is 4.57. The van der Waals surface area contributed by atoms with E-state index >= 15 is 0 Å². The van der Waals surface area contributed by atoms with Crippen molar-refractivity contribution < 1.29 is 23.8 Å². The molecule has 2 N–H and O–H groups in total. The van der Waals surface area contributed by atoms with Gasteiger partial charge in [-0.25, -0.2) is 8.78 Å². The zero-order valence-electron chi connectivity index (χ0n) is 8.70. The number of carboxylic acid groups (broad SMARTS) is 1. The molecule has 0 aromatic heterocycles. The van der Waals surface area contributed by atoms with E-state index in [0.717, 1.165) is 12.1 Å². The fourth-order valence-corrected chi connectivity index (χ4v) is 1.49. The maximum absolute atomic E-state index is 13.3. The predicted molar refractivity (Wildman–Crippen MR) is 52.8 cm³/mol. The van der Waals surface area contributed by atoms with Crippen LogP contribution in [-0.4, -0.2) is 16.2 Å². The van der Waals surface area contributed by atoms with Crippen LogP contribution in [0.15, 0.2) is 18.2 Å². The van der Waals surface area contributed by atoms with Crippen LogP contribution in [0.4, 0.5) is 8.78 Å². The van der Waals surface area contributed by atoms with Gasteiger partial charge in [0.2, 0.25) is 0 Å². The molecule has 0 saturated carbocycles. The Balaban J connectivity index is 3.01. The lowest BCUT2D eigenvalue weighted by Crippen LogP contribution is -2.25. The molecule has 1 unspecified atom stereocenters. The van der Waals surface area contributed by atoms with E-state index in [0.29, 0.717) is 0 Å². The predicted octanol–water partition coefficient (Wildman–Crippen LogP) is 2.04. The molecular weight excluding hydrogens is 218 g/mol. The monoisotopic (exact) mass is 230 g/mol. The van der Waals surface area contributed by atoms with Gasteiger partial charge in [-0.15, -0.1) is 0 Å². The molecule has 0 spiro atoms. The van der Waals surface area contributed by atoms with Gasteiger partial charge in [0.05, 0.1) is 11.2 Å². The summed E-state index contributed by atoms with van der Waals surface area (Å²) in [6.07, 6.45) is -0.610. The normalized spacial score (nSPS) is 14.5. The summed E-state index contributed by atoms with van der Waals surface area (Å²) in [7, 11) is 0. The zero-order chi connectivity index (χ0) is 12.3. The van der Waals surface area contributed by atoms with E-state index in [2.05, 4.69) is 0 Å². The van der Waals surface area contributed by atoms with Gasteiger partial charge in [-0.2, -0.15) is 0 Å². The van der Waals surface area contributed by atoms with Crippen molar-refractivity contribution in [2.75, 3.05) is 0 Å². The van der Waals surface area contributed by atoms with Crippen molar-refractivity contribution in [1.82, 2.24) is 0 Å². The minimum absolute atomic E-state index is 0.250. The fourth-order valence-electron chi connectivity index (χ4n) is 1.49. The highest BCUT2D eigenvalue weighted by Gasteiger charge is 2.30. The second-order valence-corrected chi connectivity index (χ2v) is 3.76. The third kappa shape index (κ3) is 2.76. The molecule has 3 nitrogen and oxygen atoms in total. The van der Waals surface area contributed by atoms with Gasteiger partial charge in [0.15, 0.2) is 0 Å². The Morgan fingerprint density at radius 1 is 1.38 bits per heavy atom. The van der Waals surface area contributed by atoms with Crippen LogP contribution in [0.1, 0.15) is 25.3 Å². The average Bonchev–Trinajstić information content (AvgIpc) is 2.14. The molecule has 0 heterocycles. The standard InChI is InChI=1S/C11H12F2O3/c1-11(16,6-5-9(14)15)10-7(12)3-2-4-8(10)13/h2-4,16H,5-6H2,1H3,(H,14,15). The van der Waals surface area contributed by atoms with Crippen molar-refractivity contribution in [1.29, 1.82) is 0 Å². The Bertz CT molecular complexity index is 382. The second-order valence-electron chi connectivity index (χ2n) is 3.76. The maximum atomic E-state index is 13.3. The first-order valence-corrected chi connectivity index (χ1v) is 4.73. The number of carbonyl (C=O) groups is 1. The number of halogens is 2. The summed E-state index contributed by atoms with van der Waals surface area (Å²) in [5, 5.41) is 18.3. The molecular formula is C11H12F2O3. The van der Waals surface area contributed by atoms with Gasteiger partial charge in [-0.3, -0.25) is 4.79 Å². The van der Waals surface area contributed by atoms with Crippen LogP contribution >= 0.6 is 0 Å². The molecule has 0 fully saturated rings. The lowest BCUT2D eigenvalue weighted by atomic mass is 9.90. The molecule has 1 rings (SSSR count). The van der Waals surface area contributed by atoms with E-state index in [1.54, 1.807) is 0 Å². The molecule has 0 aliphatic carbocycles. The highest BCUT2D eigenvalue weighted by atomic mass is 19.1. The van der Waals surface area contributed by atoms with Crippen molar-refractivity contribution in [3.63, 3.8) is 0 Å². The summed E-state index contributed by atoms with van der Waals surface area (Å²) in [4.78, 5) is 10.3. The molecule has 0 saturated heterocycles. The molecule has 0 amide bonds. The van der Waals surface area contributed by atoms with Crippen LogP contribution in [-0.2, 0) is 10.4 Å². The number of benzene rings is 1. The average molecular weight is 230 g/mol. The van der Waals surface area contributed by atoms with Gasteiger partial charge < -0.3 is 10.2 Å². The molecule has 1 aromatic carbocycles. The molecule has 0 aliphatic rings. The third-order valence-corrected chi connectivity index (χ3v) is 2.33. The van der Waals surface area contributed by atoms with Crippen molar-refractivity contribution in [2.45, 2.75) is 25.4 Å².